The molecule has 2 aromatic rings. The summed E-state index contributed by atoms with van der Waals surface area (Å²) in [6.45, 7) is 0.864. The van der Waals surface area contributed by atoms with Gasteiger partial charge in [0.1, 0.15) is 5.75 Å². The highest BCUT2D eigenvalue weighted by Crippen LogP contribution is 2.11. The Morgan fingerprint density at radius 2 is 1.73 bits per heavy atom. The summed E-state index contributed by atoms with van der Waals surface area (Å²) in [4.78, 5) is 16.0. The first-order valence-electron chi connectivity index (χ1n) is 8.13. The minimum Gasteiger partial charge on any atom is -0.497 e. The smallest absolute Gasteiger partial charge is 0.243 e. The Kier molecular flexibility index (Phi) is 10.1. The molecule has 0 spiro atoms. The van der Waals surface area contributed by atoms with Gasteiger partial charge in [0.15, 0.2) is 5.96 Å². The van der Waals surface area contributed by atoms with Gasteiger partial charge < -0.3 is 20.7 Å². The Morgan fingerprint density at radius 1 is 1.04 bits per heavy atom. The van der Waals surface area contributed by atoms with Gasteiger partial charge in [-0.25, -0.2) is 0 Å². The zero-order valence-electron chi connectivity index (χ0n) is 15.0. The van der Waals surface area contributed by atoms with Crippen LogP contribution in [0, 0.1) is 0 Å². The largest absolute Gasteiger partial charge is 0.497 e. The number of amides is 1. The van der Waals surface area contributed by atoms with Crippen LogP contribution in [0.1, 0.15) is 5.56 Å². The lowest BCUT2D eigenvalue weighted by molar-refractivity contribution is -0.115. The third-order valence-electron chi connectivity index (χ3n) is 3.56. The van der Waals surface area contributed by atoms with Crippen molar-refractivity contribution in [2.24, 2.45) is 4.99 Å². The molecule has 0 radical (unpaired) electrons. The molecule has 0 saturated heterocycles. The van der Waals surface area contributed by atoms with Gasteiger partial charge in [-0.2, -0.15) is 0 Å². The molecule has 3 N–H and O–H groups in total. The Morgan fingerprint density at radius 3 is 2.35 bits per heavy atom. The minimum atomic E-state index is -0.121. The van der Waals surface area contributed by atoms with Crippen LogP contribution in [0.3, 0.4) is 0 Å². The predicted molar refractivity (Wildman–Crippen MR) is 117 cm³/mol. The second-order valence-corrected chi connectivity index (χ2v) is 5.36. The summed E-state index contributed by atoms with van der Waals surface area (Å²) in [5.41, 5.74) is 1.97. The van der Waals surface area contributed by atoms with Crippen molar-refractivity contribution in [3.63, 3.8) is 0 Å². The fraction of sp³-hybridized carbons (Fsp3) is 0.263. The average molecular weight is 468 g/mol. The molecular weight excluding hydrogens is 443 g/mol. The van der Waals surface area contributed by atoms with Crippen LogP contribution < -0.4 is 20.7 Å². The van der Waals surface area contributed by atoms with Gasteiger partial charge in [-0.05, 0) is 36.2 Å². The van der Waals surface area contributed by atoms with Crippen LogP contribution in [0.15, 0.2) is 59.6 Å². The molecule has 140 valence electrons. The highest BCUT2D eigenvalue weighted by atomic mass is 127. The topological polar surface area (TPSA) is 74.8 Å². The molecule has 0 aliphatic carbocycles. The molecule has 2 rings (SSSR count). The zero-order valence-corrected chi connectivity index (χ0v) is 17.3. The number of benzene rings is 2. The fourth-order valence-corrected chi connectivity index (χ4v) is 2.23. The van der Waals surface area contributed by atoms with Gasteiger partial charge in [0.25, 0.3) is 0 Å². The number of hydrogen-bond acceptors (Lipinski definition) is 3. The summed E-state index contributed by atoms with van der Waals surface area (Å²) in [5.74, 6) is 1.32. The van der Waals surface area contributed by atoms with Gasteiger partial charge in [0, 0.05) is 19.3 Å². The second-order valence-electron chi connectivity index (χ2n) is 5.36. The molecule has 0 atom stereocenters. The first-order chi connectivity index (χ1) is 12.2. The number of carbonyl (C=O) groups is 1. The molecule has 6 nitrogen and oxygen atoms in total. The number of rotatable bonds is 7. The fourth-order valence-electron chi connectivity index (χ4n) is 2.23. The molecule has 0 saturated carbocycles. The third kappa shape index (κ3) is 7.73. The van der Waals surface area contributed by atoms with E-state index in [-0.39, 0.29) is 36.4 Å². The number of methoxy groups -OCH3 is 1. The van der Waals surface area contributed by atoms with Crippen molar-refractivity contribution in [1.82, 2.24) is 10.6 Å². The van der Waals surface area contributed by atoms with E-state index in [1.165, 1.54) is 5.56 Å². The summed E-state index contributed by atoms with van der Waals surface area (Å²) < 4.78 is 5.14. The first-order valence-corrected chi connectivity index (χ1v) is 8.13. The standard InChI is InChI=1S/C19H24N4O2.HI/c1-20-19(21-13-12-15-8-10-17(25-2)11-9-15)22-14-18(24)23-16-6-4-3-5-7-16;/h3-11H,12-14H2,1-2H3,(H,23,24)(H2,20,21,22);1H. The molecule has 0 fully saturated rings. The summed E-state index contributed by atoms with van der Waals surface area (Å²) in [5, 5.41) is 9.01. The van der Waals surface area contributed by atoms with Gasteiger partial charge in [-0.3, -0.25) is 9.79 Å². The Labute approximate surface area is 171 Å². The number of anilines is 1. The van der Waals surface area contributed by atoms with Crippen molar-refractivity contribution >= 4 is 41.5 Å². The lowest BCUT2D eigenvalue weighted by atomic mass is 10.1. The molecule has 0 aromatic heterocycles. The number of nitrogens with one attached hydrogen (secondary N) is 3. The molecule has 1 amide bonds. The molecule has 0 bridgehead atoms. The van der Waals surface area contributed by atoms with Crippen LogP contribution in [0.2, 0.25) is 0 Å². The monoisotopic (exact) mass is 468 g/mol. The van der Waals surface area contributed by atoms with E-state index in [4.69, 9.17) is 4.74 Å². The SMILES string of the molecule is CN=C(NCCc1ccc(OC)cc1)NCC(=O)Nc1ccccc1.I. The van der Waals surface area contributed by atoms with Crippen molar-refractivity contribution in [3.05, 3.63) is 60.2 Å². The minimum absolute atomic E-state index is 0. The number of aliphatic imine (C=N–C) groups is 1. The van der Waals surface area contributed by atoms with Crippen molar-refractivity contribution in [3.8, 4) is 5.75 Å². The van der Waals surface area contributed by atoms with Crippen LogP contribution in [0.4, 0.5) is 5.69 Å². The van der Waals surface area contributed by atoms with Crippen molar-refractivity contribution in [2.75, 3.05) is 32.6 Å². The van der Waals surface area contributed by atoms with Crippen molar-refractivity contribution in [1.29, 1.82) is 0 Å². The quantitative estimate of drug-likeness (QED) is 0.332. The lowest BCUT2D eigenvalue weighted by Gasteiger charge is -2.12. The Hall–Kier alpha value is -2.29. The number of halogens is 1. The van der Waals surface area contributed by atoms with E-state index < -0.39 is 0 Å². The maximum Gasteiger partial charge on any atom is 0.243 e. The van der Waals surface area contributed by atoms with E-state index >= 15 is 0 Å². The molecule has 26 heavy (non-hydrogen) atoms. The van der Waals surface area contributed by atoms with Crippen LogP contribution in [0.5, 0.6) is 5.75 Å². The highest BCUT2D eigenvalue weighted by molar-refractivity contribution is 14.0. The van der Waals surface area contributed by atoms with Crippen LogP contribution in [-0.4, -0.2) is 39.1 Å². The van der Waals surface area contributed by atoms with Crippen LogP contribution in [0.25, 0.3) is 0 Å². The van der Waals surface area contributed by atoms with Gasteiger partial charge in [0.05, 0.1) is 13.7 Å². The van der Waals surface area contributed by atoms with E-state index in [2.05, 4.69) is 20.9 Å². The number of nitrogens with zero attached hydrogens (tertiary/aromatic N) is 1. The molecular formula is C19H25IN4O2. The summed E-state index contributed by atoms with van der Waals surface area (Å²) >= 11 is 0. The van der Waals surface area contributed by atoms with Gasteiger partial charge in [0.2, 0.25) is 5.91 Å². The van der Waals surface area contributed by atoms with Crippen LogP contribution in [-0.2, 0) is 11.2 Å². The van der Waals surface area contributed by atoms with Gasteiger partial charge in [-0.15, -0.1) is 24.0 Å². The number of guanidine groups is 1. The molecule has 0 aliphatic rings. The number of carbonyl (C=O) groups excluding carboxylic acids is 1. The lowest BCUT2D eigenvalue weighted by Crippen LogP contribution is -2.42. The normalized spacial score (nSPS) is 10.5. The Bertz CT molecular complexity index is 690. The van der Waals surface area contributed by atoms with E-state index in [1.54, 1.807) is 14.2 Å². The Balaban J connectivity index is 0.00000338. The van der Waals surface area contributed by atoms with Gasteiger partial charge in [-0.1, -0.05) is 30.3 Å². The molecule has 0 aliphatic heterocycles. The molecule has 0 unspecified atom stereocenters. The summed E-state index contributed by atoms with van der Waals surface area (Å²) in [6, 6.07) is 17.3. The average Bonchev–Trinajstić information content (AvgIpc) is 2.66. The van der Waals surface area contributed by atoms with Crippen molar-refractivity contribution in [2.45, 2.75) is 6.42 Å². The maximum absolute atomic E-state index is 11.9. The molecule has 0 heterocycles. The highest BCUT2D eigenvalue weighted by Gasteiger charge is 2.04. The van der Waals surface area contributed by atoms with E-state index in [0.717, 1.165) is 17.9 Å². The van der Waals surface area contributed by atoms with E-state index in [1.807, 2.05) is 54.6 Å². The zero-order chi connectivity index (χ0) is 17.9. The molecule has 7 heteroatoms. The second kappa shape index (κ2) is 12.1. The predicted octanol–water partition coefficient (Wildman–Crippen LogP) is 2.66. The number of hydrogen-bond donors (Lipinski definition) is 3. The summed E-state index contributed by atoms with van der Waals surface area (Å²) in [6.07, 6.45) is 0.848. The molecule has 2 aromatic carbocycles. The van der Waals surface area contributed by atoms with Crippen molar-refractivity contribution < 1.29 is 9.53 Å². The van der Waals surface area contributed by atoms with Gasteiger partial charge >= 0.3 is 0 Å². The maximum atomic E-state index is 11.9. The number of ether oxygens (including phenoxy) is 1. The van der Waals surface area contributed by atoms with E-state index in [0.29, 0.717) is 12.5 Å². The third-order valence-corrected chi connectivity index (χ3v) is 3.56. The first kappa shape index (κ1) is 21.8. The van der Waals surface area contributed by atoms with Crippen LogP contribution >= 0.6 is 24.0 Å². The van der Waals surface area contributed by atoms with E-state index in [9.17, 15) is 4.79 Å². The summed E-state index contributed by atoms with van der Waals surface area (Å²) in [7, 11) is 3.33. The number of para-hydroxylation sites is 1.